The summed E-state index contributed by atoms with van der Waals surface area (Å²) in [6.45, 7) is 6.51. The van der Waals surface area contributed by atoms with Crippen LogP contribution in [0.15, 0.2) is 18.2 Å². The third-order valence-corrected chi connectivity index (χ3v) is 2.98. The van der Waals surface area contributed by atoms with Gasteiger partial charge >= 0.3 is 0 Å². The Morgan fingerprint density at radius 1 is 1.31 bits per heavy atom. The van der Waals surface area contributed by atoms with Crippen molar-refractivity contribution in [3.63, 3.8) is 0 Å². The Balaban J connectivity index is 2.71. The summed E-state index contributed by atoms with van der Waals surface area (Å²) in [6.07, 6.45) is 2.51. The second-order valence-corrected chi connectivity index (χ2v) is 4.42. The van der Waals surface area contributed by atoms with Crippen molar-refractivity contribution in [2.24, 2.45) is 0 Å². The zero-order valence-electron chi connectivity index (χ0n) is 11.0. The van der Waals surface area contributed by atoms with E-state index in [9.17, 15) is 0 Å². The molecular weight excluding hydrogens is 196 g/mol. The lowest BCUT2D eigenvalue weighted by Crippen LogP contribution is -2.18. The fourth-order valence-electron chi connectivity index (χ4n) is 1.83. The minimum atomic E-state index is 0.949. The first-order chi connectivity index (χ1) is 7.69. The van der Waals surface area contributed by atoms with E-state index in [0.717, 1.165) is 13.1 Å². The minimum absolute atomic E-state index is 0.949. The molecule has 1 N–H and O–H groups in total. The molecule has 0 amide bonds. The zero-order chi connectivity index (χ0) is 12.0. The molecule has 0 bridgehead atoms. The predicted molar refractivity (Wildman–Crippen MR) is 72.1 cm³/mol. The molecule has 90 valence electrons. The van der Waals surface area contributed by atoms with Crippen molar-refractivity contribution in [3.8, 4) is 0 Å². The summed E-state index contributed by atoms with van der Waals surface area (Å²) in [5.41, 5.74) is 4.08. The minimum Gasteiger partial charge on any atom is -0.375 e. The van der Waals surface area contributed by atoms with Crippen LogP contribution in [0.25, 0.3) is 0 Å². The molecule has 2 nitrogen and oxygen atoms in total. The van der Waals surface area contributed by atoms with Gasteiger partial charge in [0.15, 0.2) is 0 Å². The van der Waals surface area contributed by atoms with Crippen LogP contribution in [0.5, 0.6) is 0 Å². The molecule has 0 aliphatic heterocycles. The quantitative estimate of drug-likeness (QED) is 0.793. The van der Waals surface area contributed by atoms with Gasteiger partial charge in [-0.25, -0.2) is 0 Å². The molecule has 2 heteroatoms. The van der Waals surface area contributed by atoms with Crippen molar-refractivity contribution < 1.29 is 0 Å². The second kappa shape index (κ2) is 6.54. The number of benzene rings is 1. The van der Waals surface area contributed by atoms with Gasteiger partial charge in [-0.1, -0.05) is 19.4 Å². The molecule has 0 unspecified atom stereocenters. The van der Waals surface area contributed by atoms with Gasteiger partial charge in [0.05, 0.1) is 0 Å². The van der Waals surface area contributed by atoms with Crippen molar-refractivity contribution in [1.82, 2.24) is 5.32 Å². The molecule has 0 aliphatic rings. The van der Waals surface area contributed by atoms with E-state index in [0.29, 0.717) is 0 Å². The van der Waals surface area contributed by atoms with Crippen molar-refractivity contribution >= 4 is 5.69 Å². The summed E-state index contributed by atoms with van der Waals surface area (Å²) in [7, 11) is 4.16. The summed E-state index contributed by atoms with van der Waals surface area (Å²) in [6, 6.07) is 6.72. The number of unbranched alkanes of at least 4 members (excludes halogenated alkanes) is 1. The van der Waals surface area contributed by atoms with E-state index in [2.05, 4.69) is 49.3 Å². The predicted octanol–water partition coefficient (Wildman–Crippen LogP) is 2.95. The maximum absolute atomic E-state index is 3.19. The van der Waals surface area contributed by atoms with Gasteiger partial charge in [-0.05, 0) is 43.7 Å². The third kappa shape index (κ3) is 3.53. The van der Waals surface area contributed by atoms with E-state index < -0.39 is 0 Å². The molecule has 0 radical (unpaired) electrons. The Hall–Kier alpha value is -1.02. The molecular formula is C14H24N2. The number of anilines is 1. The second-order valence-electron chi connectivity index (χ2n) is 4.42. The zero-order valence-corrected chi connectivity index (χ0v) is 11.0. The Morgan fingerprint density at radius 2 is 2.06 bits per heavy atom. The average molecular weight is 220 g/mol. The van der Waals surface area contributed by atoms with Gasteiger partial charge in [0.2, 0.25) is 0 Å². The van der Waals surface area contributed by atoms with E-state index in [1.807, 2.05) is 7.05 Å². The third-order valence-electron chi connectivity index (χ3n) is 2.98. The summed E-state index contributed by atoms with van der Waals surface area (Å²) in [5, 5.41) is 3.19. The van der Waals surface area contributed by atoms with Gasteiger partial charge in [-0.2, -0.15) is 0 Å². The van der Waals surface area contributed by atoms with Gasteiger partial charge in [-0.15, -0.1) is 0 Å². The lowest BCUT2D eigenvalue weighted by atomic mass is 10.1. The van der Waals surface area contributed by atoms with Gasteiger partial charge in [-0.3, -0.25) is 0 Å². The molecule has 0 fully saturated rings. The number of hydrogen-bond acceptors (Lipinski definition) is 2. The summed E-state index contributed by atoms with van der Waals surface area (Å²) in [5.74, 6) is 0. The van der Waals surface area contributed by atoms with E-state index in [4.69, 9.17) is 0 Å². The van der Waals surface area contributed by atoms with Crippen LogP contribution in [-0.4, -0.2) is 20.6 Å². The molecule has 16 heavy (non-hydrogen) atoms. The maximum Gasteiger partial charge on any atom is 0.0366 e. The highest BCUT2D eigenvalue weighted by Crippen LogP contribution is 2.18. The summed E-state index contributed by atoms with van der Waals surface area (Å²) in [4.78, 5) is 2.33. The van der Waals surface area contributed by atoms with Crippen LogP contribution < -0.4 is 10.2 Å². The summed E-state index contributed by atoms with van der Waals surface area (Å²) >= 11 is 0. The van der Waals surface area contributed by atoms with Crippen molar-refractivity contribution in [2.75, 3.05) is 25.5 Å². The molecule has 0 saturated heterocycles. The SMILES string of the molecule is CCCCN(C)c1ccc(CNC)c(C)c1. The Labute approximate surface area is 99.7 Å². The van der Waals surface area contributed by atoms with Crippen LogP contribution in [0.4, 0.5) is 5.69 Å². The molecule has 1 aromatic rings. The average Bonchev–Trinajstić information content (AvgIpc) is 2.29. The highest BCUT2D eigenvalue weighted by atomic mass is 15.1. The standard InChI is InChI=1S/C14H24N2/c1-5-6-9-16(4)14-8-7-13(11-15-3)12(2)10-14/h7-8,10,15H,5-6,9,11H2,1-4H3. The fourth-order valence-corrected chi connectivity index (χ4v) is 1.83. The van der Waals surface area contributed by atoms with Gasteiger partial charge < -0.3 is 10.2 Å². The summed E-state index contributed by atoms with van der Waals surface area (Å²) < 4.78 is 0. The van der Waals surface area contributed by atoms with E-state index in [-0.39, 0.29) is 0 Å². The number of aryl methyl sites for hydroxylation is 1. The lowest BCUT2D eigenvalue weighted by molar-refractivity contribution is 0.765. The van der Waals surface area contributed by atoms with E-state index in [1.54, 1.807) is 0 Å². The molecule has 0 aromatic heterocycles. The molecule has 0 spiro atoms. The molecule has 0 saturated carbocycles. The fraction of sp³-hybridized carbons (Fsp3) is 0.571. The van der Waals surface area contributed by atoms with Crippen molar-refractivity contribution in [2.45, 2.75) is 33.2 Å². The van der Waals surface area contributed by atoms with Gasteiger partial charge in [0, 0.05) is 25.8 Å². The highest BCUT2D eigenvalue weighted by Gasteiger charge is 2.03. The smallest absolute Gasteiger partial charge is 0.0366 e. The Bertz CT molecular complexity index is 321. The van der Waals surface area contributed by atoms with Crippen LogP contribution in [0, 0.1) is 6.92 Å². The Kier molecular flexibility index (Phi) is 5.33. The van der Waals surface area contributed by atoms with Crippen LogP contribution in [0.3, 0.4) is 0 Å². The van der Waals surface area contributed by atoms with Crippen LogP contribution in [0.1, 0.15) is 30.9 Å². The number of rotatable bonds is 6. The maximum atomic E-state index is 3.19. The largest absolute Gasteiger partial charge is 0.375 e. The molecule has 1 aromatic carbocycles. The van der Waals surface area contributed by atoms with Crippen LogP contribution >= 0.6 is 0 Å². The number of hydrogen-bond donors (Lipinski definition) is 1. The van der Waals surface area contributed by atoms with Crippen molar-refractivity contribution in [1.29, 1.82) is 0 Å². The van der Waals surface area contributed by atoms with E-state index >= 15 is 0 Å². The normalized spacial score (nSPS) is 10.5. The Morgan fingerprint density at radius 3 is 2.62 bits per heavy atom. The van der Waals surface area contributed by atoms with E-state index in [1.165, 1.54) is 29.7 Å². The highest BCUT2D eigenvalue weighted by molar-refractivity contribution is 5.50. The van der Waals surface area contributed by atoms with Gasteiger partial charge in [0.1, 0.15) is 0 Å². The molecule has 1 rings (SSSR count). The topological polar surface area (TPSA) is 15.3 Å². The monoisotopic (exact) mass is 220 g/mol. The van der Waals surface area contributed by atoms with Crippen LogP contribution in [0.2, 0.25) is 0 Å². The van der Waals surface area contributed by atoms with Crippen molar-refractivity contribution in [3.05, 3.63) is 29.3 Å². The number of nitrogens with one attached hydrogen (secondary N) is 1. The molecule has 0 aliphatic carbocycles. The molecule has 0 heterocycles. The first-order valence-corrected chi connectivity index (χ1v) is 6.14. The first kappa shape index (κ1) is 13.0. The lowest BCUT2D eigenvalue weighted by Gasteiger charge is -2.20. The molecule has 0 atom stereocenters. The first-order valence-electron chi connectivity index (χ1n) is 6.14. The van der Waals surface area contributed by atoms with Gasteiger partial charge in [0.25, 0.3) is 0 Å². The number of nitrogens with zero attached hydrogens (tertiary/aromatic N) is 1. The van der Waals surface area contributed by atoms with Crippen LogP contribution in [-0.2, 0) is 6.54 Å².